The third-order valence-electron chi connectivity index (χ3n) is 7.17. The molecule has 212 valence electrons. The van der Waals surface area contributed by atoms with E-state index in [4.69, 9.17) is 4.74 Å². The summed E-state index contributed by atoms with van der Waals surface area (Å²) in [5.74, 6) is 0.00260. The molecule has 4 aromatic rings. The van der Waals surface area contributed by atoms with Crippen molar-refractivity contribution < 1.29 is 23.8 Å². The fraction of sp³-hybridized carbons (Fsp3) is 0.345. The number of hydrogen-bond donors (Lipinski definition) is 2. The summed E-state index contributed by atoms with van der Waals surface area (Å²) in [5.41, 5.74) is 3.64. The number of amides is 2. The van der Waals surface area contributed by atoms with E-state index in [9.17, 15) is 19.1 Å². The van der Waals surface area contributed by atoms with Crippen LogP contribution < -0.4 is 10.2 Å². The zero-order valence-electron chi connectivity index (χ0n) is 22.9. The molecule has 3 aromatic heterocycles. The smallest absolute Gasteiger partial charge is 0.417 e. The number of carbonyl (C=O) groups excluding carboxylic acids is 2. The minimum atomic E-state index is -1.22. The minimum Gasteiger partial charge on any atom is -0.443 e. The van der Waals surface area contributed by atoms with Crippen molar-refractivity contribution in [2.75, 3.05) is 23.3 Å². The second kappa shape index (κ2) is 10.1. The van der Waals surface area contributed by atoms with Crippen LogP contribution in [0, 0.1) is 0 Å². The van der Waals surface area contributed by atoms with Gasteiger partial charge in [-0.2, -0.15) is 0 Å². The van der Waals surface area contributed by atoms with Crippen molar-refractivity contribution in [3.05, 3.63) is 66.4 Å². The predicted molar refractivity (Wildman–Crippen MR) is 150 cm³/mol. The Morgan fingerprint density at radius 1 is 1.15 bits per heavy atom. The molecule has 0 unspecified atom stereocenters. The number of piperidine rings is 1. The molecule has 1 aromatic carbocycles. The highest BCUT2D eigenvalue weighted by Crippen LogP contribution is 2.39. The van der Waals surface area contributed by atoms with Crippen LogP contribution in [0.5, 0.6) is 0 Å². The Morgan fingerprint density at radius 2 is 1.98 bits per heavy atom. The van der Waals surface area contributed by atoms with Gasteiger partial charge in [0.15, 0.2) is 5.65 Å². The van der Waals surface area contributed by atoms with Crippen LogP contribution >= 0.6 is 0 Å². The monoisotopic (exact) mass is 559 g/mol. The molecule has 41 heavy (non-hydrogen) atoms. The molecule has 1 saturated heterocycles. The molecule has 0 radical (unpaired) electrons. The number of aromatic nitrogens is 4. The average Bonchev–Trinajstić information content (AvgIpc) is 3.52. The first-order valence-corrected chi connectivity index (χ1v) is 13.4. The van der Waals surface area contributed by atoms with Crippen molar-refractivity contribution in [3.8, 4) is 11.3 Å². The number of benzene rings is 1. The van der Waals surface area contributed by atoms with E-state index in [-0.39, 0.29) is 19.5 Å². The van der Waals surface area contributed by atoms with Gasteiger partial charge in [0.05, 0.1) is 47.8 Å². The van der Waals surface area contributed by atoms with Crippen LogP contribution in [0.3, 0.4) is 0 Å². The van der Waals surface area contributed by atoms with Gasteiger partial charge in [0.1, 0.15) is 23.7 Å². The molecular weight excluding hydrogens is 529 g/mol. The number of aliphatic hydroxyl groups is 1. The number of pyridine rings is 1. The van der Waals surface area contributed by atoms with Crippen LogP contribution in [0.15, 0.2) is 55.2 Å². The van der Waals surface area contributed by atoms with Crippen LogP contribution in [0.4, 0.5) is 26.4 Å². The fourth-order valence-corrected chi connectivity index (χ4v) is 5.19. The van der Waals surface area contributed by atoms with E-state index in [0.29, 0.717) is 34.8 Å². The molecule has 0 aliphatic carbocycles. The number of anilines is 3. The number of ether oxygens (including phenoxy) is 1. The first-order valence-electron chi connectivity index (χ1n) is 13.4. The summed E-state index contributed by atoms with van der Waals surface area (Å²) in [4.78, 5) is 42.8. The van der Waals surface area contributed by atoms with Gasteiger partial charge in [-0.1, -0.05) is 6.07 Å². The van der Waals surface area contributed by atoms with Crippen LogP contribution in [-0.2, 0) is 11.3 Å². The number of aliphatic hydroxyl groups excluding tert-OH is 1. The molecule has 11 nitrogen and oxygen atoms in total. The summed E-state index contributed by atoms with van der Waals surface area (Å²) >= 11 is 0. The average molecular weight is 560 g/mol. The van der Waals surface area contributed by atoms with E-state index in [1.165, 1.54) is 0 Å². The van der Waals surface area contributed by atoms with Gasteiger partial charge in [-0.05, 0) is 51.0 Å². The van der Waals surface area contributed by atoms with E-state index < -0.39 is 29.9 Å². The van der Waals surface area contributed by atoms with Gasteiger partial charge in [-0.3, -0.25) is 14.2 Å². The van der Waals surface area contributed by atoms with Crippen molar-refractivity contribution in [1.82, 2.24) is 24.3 Å². The first-order chi connectivity index (χ1) is 19.6. The van der Waals surface area contributed by atoms with Gasteiger partial charge >= 0.3 is 6.09 Å². The Balaban J connectivity index is 1.34. The van der Waals surface area contributed by atoms with E-state index in [2.05, 4.69) is 20.3 Å². The van der Waals surface area contributed by atoms with Gasteiger partial charge in [0.25, 0.3) is 5.91 Å². The Hall–Kier alpha value is -4.58. The molecule has 2 aliphatic rings. The number of alkyl halides is 1. The summed E-state index contributed by atoms with van der Waals surface area (Å²) in [5, 5.41) is 13.1. The zero-order chi connectivity index (χ0) is 28.9. The normalized spacial score (nSPS) is 19.0. The number of nitrogens with zero attached hydrogens (tertiary/aromatic N) is 6. The number of halogens is 1. The van der Waals surface area contributed by atoms with Gasteiger partial charge in [-0.15, -0.1) is 0 Å². The Labute approximate surface area is 235 Å². The number of β-amino-alcohol motifs (C(OH)–C–C–N with tert-alkyl or cyclic N) is 1. The highest BCUT2D eigenvalue weighted by molar-refractivity contribution is 6.11. The number of nitrogens with one attached hydrogen (secondary N) is 1. The van der Waals surface area contributed by atoms with Crippen LogP contribution in [0.1, 0.15) is 43.1 Å². The quantitative estimate of drug-likeness (QED) is 0.376. The van der Waals surface area contributed by atoms with E-state index in [0.717, 1.165) is 21.8 Å². The zero-order valence-corrected chi connectivity index (χ0v) is 22.9. The lowest BCUT2D eigenvalue weighted by molar-refractivity contribution is 0.0248. The molecule has 5 heterocycles. The number of carbonyl (C=O) groups is 2. The third-order valence-corrected chi connectivity index (χ3v) is 7.17. The van der Waals surface area contributed by atoms with Crippen LogP contribution in [-0.4, -0.2) is 72.3 Å². The molecule has 0 spiro atoms. The molecule has 6 rings (SSSR count). The first kappa shape index (κ1) is 26.6. The second-order valence-corrected chi connectivity index (χ2v) is 11.2. The summed E-state index contributed by atoms with van der Waals surface area (Å²) in [6.45, 7) is 5.96. The highest BCUT2D eigenvalue weighted by atomic mass is 19.1. The number of rotatable bonds is 4. The predicted octanol–water partition coefficient (Wildman–Crippen LogP) is 4.33. The minimum absolute atomic E-state index is 0.0332. The van der Waals surface area contributed by atoms with Crippen LogP contribution in [0.25, 0.3) is 16.9 Å². The van der Waals surface area contributed by atoms with Crippen molar-refractivity contribution >= 4 is 34.8 Å². The summed E-state index contributed by atoms with van der Waals surface area (Å²) < 4.78 is 21.1. The Morgan fingerprint density at radius 3 is 2.71 bits per heavy atom. The van der Waals surface area contributed by atoms with Crippen LogP contribution in [0.2, 0.25) is 0 Å². The molecule has 2 N–H and O–H groups in total. The molecular formula is C29H30FN7O4. The number of hydrogen-bond acceptors (Lipinski definition) is 9. The van der Waals surface area contributed by atoms with Gasteiger partial charge < -0.3 is 20.1 Å². The summed E-state index contributed by atoms with van der Waals surface area (Å²) in [6, 6.07) is 7.25. The molecule has 1 fully saturated rings. The molecule has 2 amide bonds. The topological polar surface area (TPSA) is 125 Å². The second-order valence-electron chi connectivity index (χ2n) is 11.2. The maximum Gasteiger partial charge on any atom is 0.417 e. The molecule has 2 aliphatic heterocycles. The van der Waals surface area contributed by atoms with Crippen molar-refractivity contribution in [3.63, 3.8) is 0 Å². The van der Waals surface area contributed by atoms with Crippen molar-refractivity contribution in [2.24, 2.45) is 0 Å². The molecule has 0 saturated carbocycles. The SMILES string of the molecule is CC(C)(C)OC(=O)N1Cc2c(-c3cnc4cnccn34)ccc(Nc3ccc(N4CC[C@@H](F)[C@H](O)C4)cn3)c2C1=O. The van der Waals surface area contributed by atoms with Gasteiger partial charge in [-0.25, -0.2) is 24.1 Å². The number of imide groups is 1. The fourth-order valence-electron chi connectivity index (χ4n) is 5.19. The number of imidazole rings is 1. The largest absolute Gasteiger partial charge is 0.443 e. The lowest BCUT2D eigenvalue weighted by atomic mass is 9.99. The van der Waals surface area contributed by atoms with Crippen molar-refractivity contribution in [2.45, 2.75) is 51.6 Å². The standard InChI is InChI=1S/C29H30FN7O4/c1-29(2,3)41-28(40)37-15-19-18(22-13-33-25-14-31-9-11-36(22)25)5-6-21(26(19)27(37)39)34-24-7-4-17(12-32-24)35-10-8-20(30)23(38)16-35/h4-7,9,11-14,20,23,38H,8,10,15-16H2,1-3H3,(H,32,34)/t20-,23-/m1/s1. The summed E-state index contributed by atoms with van der Waals surface area (Å²) in [7, 11) is 0. The maximum atomic E-state index is 13.7. The number of fused-ring (bicyclic) bond motifs is 2. The molecule has 2 atom stereocenters. The summed E-state index contributed by atoms with van der Waals surface area (Å²) in [6.07, 6.45) is 5.71. The Bertz CT molecular complexity index is 1630. The van der Waals surface area contributed by atoms with E-state index in [1.54, 1.807) is 63.9 Å². The Kier molecular flexibility index (Phi) is 6.57. The lowest BCUT2D eigenvalue weighted by Crippen LogP contribution is -2.45. The maximum absolute atomic E-state index is 13.7. The lowest BCUT2D eigenvalue weighted by Gasteiger charge is -2.33. The molecule has 12 heteroatoms. The van der Waals surface area contributed by atoms with Crippen molar-refractivity contribution in [1.29, 1.82) is 0 Å². The molecule has 0 bridgehead atoms. The third kappa shape index (κ3) is 5.06. The highest BCUT2D eigenvalue weighted by Gasteiger charge is 2.39. The van der Waals surface area contributed by atoms with Gasteiger partial charge in [0.2, 0.25) is 0 Å². The van der Waals surface area contributed by atoms with E-state index >= 15 is 0 Å². The van der Waals surface area contributed by atoms with Gasteiger partial charge in [0, 0.05) is 31.0 Å². The van der Waals surface area contributed by atoms with E-state index in [1.807, 2.05) is 21.4 Å².